The highest BCUT2D eigenvalue weighted by atomic mass is 32.2. The standard InChI is InChI=1S/C29H31N3O3S2/c1-4-35-20-15-13-19(14-16-20)32-28(34)26-22-10-6-8-12-24(22)37-27(26)31-29(32)36-17-25(33)30-23-11-7-5-9-21(23)18(2)3/h5,7,9,11,13-16,18H,4,6,8,10,12,17H2,1-3H3,(H,30,33). The summed E-state index contributed by atoms with van der Waals surface area (Å²) >= 11 is 2.91. The van der Waals surface area contributed by atoms with E-state index in [2.05, 4.69) is 19.2 Å². The van der Waals surface area contributed by atoms with Gasteiger partial charge in [0.15, 0.2) is 5.16 Å². The molecule has 1 aliphatic rings. The second kappa shape index (κ2) is 11.1. The molecule has 5 rings (SSSR count). The Hall–Kier alpha value is -3.10. The first-order valence-corrected chi connectivity index (χ1v) is 14.6. The highest BCUT2D eigenvalue weighted by Crippen LogP contribution is 2.35. The van der Waals surface area contributed by atoms with Crippen molar-refractivity contribution in [3.63, 3.8) is 0 Å². The number of aryl methyl sites for hydroxylation is 2. The van der Waals surface area contributed by atoms with E-state index in [-0.39, 0.29) is 17.2 Å². The van der Waals surface area contributed by atoms with Crippen LogP contribution >= 0.6 is 23.1 Å². The Morgan fingerprint density at radius 2 is 1.89 bits per heavy atom. The summed E-state index contributed by atoms with van der Waals surface area (Å²) in [6.45, 7) is 6.73. The normalized spacial score (nSPS) is 13.1. The first-order valence-electron chi connectivity index (χ1n) is 12.8. The van der Waals surface area contributed by atoms with E-state index >= 15 is 0 Å². The molecule has 0 saturated carbocycles. The molecule has 0 bridgehead atoms. The summed E-state index contributed by atoms with van der Waals surface area (Å²) in [5.74, 6) is 1.06. The number of anilines is 1. The topological polar surface area (TPSA) is 73.2 Å². The molecule has 1 amide bonds. The van der Waals surface area contributed by atoms with Crippen LogP contribution in [0.2, 0.25) is 0 Å². The van der Waals surface area contributed by atoms with Gasteiger partial charge >= 0.3 is 0 Å². The molecule has 0 atom stereocenters. The lowest BCUT2D eigenvalue weighted by Gasteiger charge is -2.15. The van der Waals surface area contributed by atoms with Gasteiger partial charge in [-0.2, -0.15) is 0 Å². The van der Waals surface area contributed by atoms with Gasteiger partial charge in [0.2, 0.25) is 5.91 Å². The van der Waals surface area contributed by atoms with Crippen LogP contribution in [0, 0.1) is 0 Å². The fraction of sp³-hybridized carbons (Fsp3) is 0.345. The predicted molar refractivity (Wildman–Crippen MR) is 153 cm³/mol. The van der Waals surface area contributed by atoms with Crippen LogP contribution in [0.25, 0.3) is 15.9 Å². The van der Waals surface area contributed by atoms with Crippen LogP contribution in [-0.2, 0) is 17.6 Å². The van der Waals surface area contributed by atoms with E-state index in [9.17, 15) is 9.59 Å². The fourth-order valence-corrected chi connectivity index (χ4v) is 6.91. The highest BCUT2D eigenvalue weighted by Gasteiger charge is 2.23. The van der Waals surface area contributed by atoms with Crippen LogP contribution in [0.3, 0.4) is 0 Å². The maximum absolute atomic E-state index is 13.9. The zero-order valence-electron chi connectivity index (χ0n) is 21.4. The third-order valence-electron chi connectivity index (χ3n) is 6.55. The van der Waals surface area contributed by atoms with Crippen LogP contribution in [0.1, 0.15) is 55.5 Å². The maximum Gasteiger partial charge on any atom is 0.267 e. The summed E-state index contributed by atoms with van der Waals surface area (Å²) in [6, 6.07) is 15.3. The van der Waals surface area contributed by atoms with Gasteiger partial charge in [0.25, 0.3) is 5.56 Å². The van der Waals surface area contributed by atoms with E-state index < -0.39 is 0 Å². The summed E-state index contributed by atoms with van der Waals surface area (Å²) in [7, 11) is 0. The highest BCUT2D eigenvalue weighted by molar-refractivity contribution is 7.99. The van der Waals surface area contributed by atoms with E-state index in [1.165, 1.54) is 16.6 Å². The van der Waals surface area contributed by atoms with E-state index in [0.29, 0.717) is 23.4 Å². The quantitative estimate of drug-likeness (QED) is 0.205. The number of rotatable bonds is 8. The van der Waals surface area contributed by atoms with Gasteiger partial charge in [-0.3, -0.25) is 14.2 Å². The number of benzene rings is 2. The van der Waals surface area contributed by atoms with Crippen molar-refractivity contribution in [2.75, 3.05) is 17.7 Å². The lowest BCUT2D eigenvalue weighted by atomic mass is 9.97. The first-order chi connectivity index (χ1) is 18.0. The molecule has 0 aliphatic heterocycles. The van der Waals surface area contributed by atoms with Gasteiger partial charge < -0.3 is 10.1 Å². The summed E-state index contributed by atoms with van der Waals surface area (Å²) in [5, 5.41) is 4.30. The van der Waals surface area contributed by atoms with Crippen LogP contribution in [-0.4, -0.2) is 27.8 Å². The number of nitrogens with one attached hydrogen (secondary N) is 1. The molecular weight excluding hydrogens is 502 g/mol. The molecule has 37 heavy (non-hydrogen) atoms. The average Bonchev–Trinajstić information content (AvgIpc) is 3.27. The number of thiophene rings is 1. The van der Waals surface area contributed by atoms with Gasteiger partial charge in [-0.15, -0.1) is 11.3 Å². The van der Waals surface area contributed by atoms with Crippen molar-refractivity contribution in [1.82, 2.24) is 9.55 Å². The van der Waals surface area contributed by atoms with Crippen molar-refractivity contribution >= 4 is 44.9 Å². The van der Waals surface area contributed by atoms with Crippen LogP contribution in [0.4, 0.5) is 5.69 Å². The molecule has 1 N–H and O–H groups in total. The van der Waals surface area contributed by atoms with Crippen molar-refractivity contribution in [2.45, 2.75) is 57.5 Å². The molecule has 2 heterocycles. The predicted octanol–water partition coefficient (Wildman–Crippen LogP) is 6.58. The number of carbonyl (C=O) groups is 1. The minimum absolute atomic E-state index is 0.0679. The zero-order chi connectivity index (χ0) is 25.9. The number of aromatic nitrogens is 2. The number of hydrogen-bond donors (Lipinski definition) is 1. The molecule has 8 heteroatoms. The monoisotopic (exact) mass is 533 g/mol. The maximum atomic E-state index is 13.9. The number of nitrogens with zero attached hydrogens (tertiary/aromatic N) is 2. The van der Waals surface area contributed by atoms with E-state index in [1.54, 1.807) is 15.9 Å². The van der Waals surface area contributed by atoms with Crippen molar-refractivity contribution < 1.29 is 9.53 Å². The van der Waals surface area contributed by atoms with Gasteiger partial charge in [0.05, 0.1) is 23.4 Å². The van der Waals surface area contributed by atoms with Crippen LogP contribution in [0.15, 0.2) is 58.5 Å². The molecule has 0 radical (unpaired) electrons. The van der Waals surface area contributed by atoms with Crippen molar-refractivity contribution in [3.05, 3.63) is 74.9 Å². The minimum atomic E-state index is -0.129. The van der Waals surface area contributed by atoms with Crippen LogP contribution in [0.5, 0.6) is 5.75 Å². The number of amides is 1. The Bertz CT molecular complexity index is 1490. The Balaban J connectivity index is 1.50. The lowest BCUT2D eigenvalue weighted by molar-refractivity contribution is -0.113. The van der Waals surface area contributed by atoms with Gasteiger partial charge in [-0.05, 0) is 80.0 Å². The largest absolute Gasteiger partial charge is 0.494 e. The number of para-hydroxylation sites is 1. The molecule has 6 nitrogen and oxygen atoms in total. The number of thioether (sulfide) groups is 1. The number of hydrogen-bond acceptors (Lipinski definition) is 6. The van der Waals surface area contributed by atoms with E-state index in [0.717, 1.165) is 58.5 Å². The molecule has 4 aromatic rings. The van der Waals surface area contributed by atoms with Crippen molar-refractivity contribution in [2.24, 2.45) is 0 Å². The molecule has 2 aromatic heterocycles. The van der Waals surface area contributed by atoms with Gasteiger partial charge in [0, 0.05) is 10.6 Å². The first kappa shape index (κ1) is 25.5. The molecule has 0 spiro atoms. The summed E-state index contributed by atoms with van der Waals surface area (Å²) in [4.78, 5) is 33.9. The molecule has 192 valence electrons. The molecule has 0 fully saturated rings. The molecular formula is C29H31N3O3S2. The van der Waals surface area contributed by atoms with Crippen molar-refractivity contribution in [1.29, 1.82) is 0 Å². The average molecular weight is 534 g/mol. The van der Waals surface area contributed by atoms with Gasteiger partial charge in [0.1, 0.15) is 10.6 Å². The molecule has 1 aliphatic carbocycles. The SMILES string of the molecule is CCOc1ccc(-n2c(SCC(=O)Nc3ccccc3C(C)C)nc3sc4c(c3c2=O)CCCC4)cc1. The Labute approximate surface area is 225 Å². The second-order valence-corrected chi connectivity index (χ2v) is 11.5. The summed E-state index contributed by atoms with van der Waals surface area (Å²) in [6.07, 6.45) is 4.15. The smallest absolute Gasteiger partial charge is 0.267 e. The van der Waals surface area contributed by atoms with E-state index in [1.807, 2.05) is 55.5 Å². The summed E-state index contributed by atoms with van der Waals surface area (Å²) in [5.41, 5.74) is 3.72. The van der Waals surface area contributed by atoms with Gasteiger partial charge in [-0.25, -0.2) is 4.98 Å². The zero-order valence-corrected chi connectivity index (χ0v) is 23.0. The number of fused-ring (bicyclic) bond motifs is 3. The lowest BCUT2D eigenvalue weighted by Crippen LogP contribution is -2.23. The van der Waals surface area contributed by atoms with Crippen molar-refractivity contribution in [3.8, 4) is 11.4 Å². The molecule has 0 saturated heterocycles. The van der Waals surface area contributed by atoms with Crippen LogP contribution < -0.4 is 15.6 Å². The third kappa shape index (κ3) is 5.31. The minimum Gasteiger partial charge on any atom is -0.494 e. The Kier molecular flexibility index (Phi) is 7.67. The fourth-order valence-electron chi connectivity index (χ4n) is 4.80. The number of carbonyl (C=O) groups excluding carboxylic acids is 1. The third-order valence-corrected chi connectivity index (χ3v) is 8.68. The molecule has 0 unspecified atom stereocenters. The van der Waals surface area contributed by atoms with E-state index in [4.69, 9.17) is 9.72 Å². The Morgan fingerprint density at radius 3 is 2.65 bits per heavy atom. The van der Waals surface area contributed by atoms with Gasteiger partial charge in [-0.1, -0.05) is 43.8 Å². The number of ether oxygens (including phenoxy) is 1. The Morgan fingerprint density at radius 1 is 1.14 bits per heavy atom. The molecule has 2 aromatic carbocycles. The second-order valence-electron chi connectivity index (χ2n) is 9.43. The summed E-state index contributed by atoms with van der Waals surface area (Å²) < 4.78 is 7.24.